The summed E-state index contributed by atoms with van der Waals surface area (Å²) < 4.78 is 39.5. The van der Waals surface area contributed by atoms with Gasteiger partial charge in [0.05, 0.1) is 4.90 Å². The number of carbonyl (C=O) groups is 1. The Labute approximate surface area is 153 Å². The number of halogens is 1. The van der Waals surface area contributed by atoms with Gasteiger partial charge in [0, 0.05) is 24.9 Å². The summed E-state index contributed by atoms with van der Waals surface area (Å²) in [6.45, 7) is 4.27. The van der Waals surface area contributed by atoms with E-state index in [1.165, 1.54) is 40.7 Å². The minimum absolute atomic E-state index is 0.119. The Balaban J connectivity index is 2.14. The molecule has 5 nitrogen and oxygen atoms in total. The zero-order valence-electron chi connectivity index (χ0n) is 14.6. The van der Waals surface area contributed by atoms with Crippen molar-refractivity contribution in [3.8, 4) is 0 Å². The normalized spacial score (nSPS) is 11.8. The van der Waals surface area contributed by atoms with Crippen LogP contribution < -0.4 is 5.32 Å². The van der Waals surface area contributed by atoms with Gasteiger partial charge in [0.15, 0.2) is 0 Å². The van der Waals surface area contributed by atoms with Gasteiger partial charge in [-0.15, -0.1) is 0 Å². The molecule has 1 N–H and O–H groups in total. The smallest absolute Gasteiger partial charge is 0.248 e. The molecule has 0 saturated heterocycles. The molecule has 2 aromatic rings. The minimum atomic E-state index is -3.60. The van der Waals surface area contributed by atoms with Crippen molar-refractivity contribution in [1.82, 2.24) is 4.31 Å². The standard InChI is InChI=1S/C19H21FN2O3S/c1-3-22(4-2)26(24,25)18-10-6-9-17(14-18)21-19(23)12-11-15-7-5-8-16(20)13-15/h5-14H,3-4H2,1-2H3,(H,21,23)/b12-11+. The summed E-state index contributed by atoms with van der Waals surface area (Å²) in [6.07, 6.45) is 2.75. The van der Waals surface area contributed by atoms with E-state index in [9.17, 15) is 17.6 Å². The molecule has 7 heteroatoms. The first-order valence-electron chi connectivity index (χ1n) is 8.21. The van der Waals surface area contributed by atoms with Crippen molar-refractivity contribution < 1.29 is 17.6 Å². The van der Waals surface area contributed by atoms with Crippen LogP contribution in [-0.2, 0) is 14.8 Å². The quantitative estimate of drug-likeness (QED) is 0.752. The third-order valence-electron chi connectivity index (χ3n) is 3.72. The number of amides is 1. The molecule has 0 saturated carbocycles. The van der Waals surface area contributed by atoms with Crippen LogP contribution in [-0.4, -0.2) is 31.7 Å². The number of rotatable bonds is 7. The highest BCUT2D eigenvalue weighted by molar-refractivity contribution is 7.89. The third kappa shape index (κ3) is 5.00. The van der Waals surface area contributed by atoms with E-state index >= 15 is 0 Å². The molecule has 0 aliphatic rings. The van der Waals surface area contributed by atoms with E-state index in [1.807, 2.05) is 0 Å². The topological polar surface area (TPSA) is 66.5 Å². The molecule has 1 amide bonds. The van der Waals surface area contributed by atoms with Crippen LogP contribution >= 0.6 is 0 Å². The maximum Gasteiger partial charge on any atom is 0.248 e. The Kier molecular flexibility index (Phi) is 6.65. The number of sulfonamides is 1. The van der Waals surface area contributed by atoms with Gasteiger partial charge in [0.2, 0.25) is 15.9 Å². The van der Waals surface area contributed by atoms with Crippen LogP contribution in [0.5, 0.6) is 0 Å². The van der Waals surface area contributed by atoms with Gasteiger partial charge in [-0.25, -0.2) is 12.8 Å². The number of nitrogens with one attached hydrogen (secondary N) is 1. The molecule has 0 heterocycles. The summed E-state index contributed by atoms with van der Waals surface area (Å²) in [7, 11) is -3.60. The molecule has 26 heavy (non-hydrogen) atoms. The molecule has 0 aliphatic carbocycles. The number of hydrogen-bond donors (Lipinski definition) is 1. The van der Waals surface area contributed by atoms with Crippen molar-refractivity contribution >= 4 is 27.7 Å². The van der Waals surface area contributed by atoms with E-state index < -0.39 is 15.9 Å². The lowest BCUT2D eigenvalue weighted by atomic mass is 10.2. The first-order chi connectivity index (χ1) is 12.4. The van der Waals surface area contributed by atoms with E-state index in [0.29, 0.717) is 24.3 Å². The van der Waals surface area contributed by atoms with Gasteiger partial charge >= 0.3 is 0 Å². The molecule has 0 radical (unpaired) electrons. The van der Waals surface area contributed by atoms with Crippen molar-refractivity contribution in [3.05, 3.63) is 66.0 Å². The van der Waals surface area contributed by atoms with Crippen LogP contribution in [0, 0.1) is 5.82 Å². The van der Waals surface area contributed by atoms with E-state index in [-0.39, 0.29) is 10.7 Å². The van der Waals surface area contributed by atoms with Crippen molar-refractivity contribution in [3.63, 3.8) is 0 Å². The molecule has 0 bridgehead atoms. The van der Waals surface area contributed by atoms with Gasteiger partial charge in [-0.1, -0.05) is 32.0 Å². The lowest BCUT2D eigenvalue weighted by Gasteiger charge is -2.18. The Bertz CT molecular complexity index is 907. The summed E-state index contributed by atoms with van der Waals surface area (Å²) in [6, 6.07) is 11.9. The lowest BCUT2D eigenvalue weighted by molar-refractivity contribution is -0.111. The predicted octanol–water partition coefficient (Wildman–Crippen LogP) is 3.51. The van der Waals surface area contributed by atoms with Gasteiger partial charge in [0.25, 0.3) is 0 Å². The largest absolute Gasteiger partial charge is 0.322 e. The average Bonchev–Trinajstić information content (AvgIpc) is 2.61. The van der Waals surface area contributed by atoms with E-state index in [2.05, 4.69) is 5.32 Å². The Morgan fingerprint density at radius 1 is 1.12 bits per heavy atom. The number of benzene rings is 2. The second-order valence-corrected chi connectivity index (χ2v) is 7.43. The minimum Gasteiger partial charge on any atom is -0.322 e. The molecule has 138 valence electrons. The van der Waals surface area contributed by atoms with Crippen LogP contribution in [0.2, 0.25) is 0 Å². The van der Waals surface area contributed by atoms with E-state index in [1.54, 1.807) is 38.1 Å². The number of hydrogen-bond acceptors (Lipinski definition) is 3. The van der Waals surface area contributed by atoms with Gasteiger partial charge in [-0.3, -0.25) is 4.79 Å². The molecule has 0 spiro atoms. The predicted molar refractivity (Wildman–Crippen MR) is 101 cm³/mol. The van der Waals surface area contributed by atoms with Crippen LogP contribution in [0.25, 0.3) is 6.08 Å². The maximum absolute atomic E-state index is 13.1. The second kappa shape index (κ2) is 8.73. The molecule has 2 aromatic carbocycles. The van der Waals surface area contributed by atoms with E-state index in [0.717, 1.165) is 0 Å². The monoisotopic (exact) mass is 376 g/mol. The highest BCUT2D eigenvalue weighted by atomic mass is 32.2. The lowest BCUT2D eigenvalue weighted by Crippen LogP contribution is -2.30. The van der Waals surface area contributed by atoms with Gasteiger partial charge < -0.3 is 5.32 Å². The molecule has 0 unspecified atom stereocenters. The molecular formula is C19H21FN2O3S. The fourth-order valence-corrected chi connectivity index (χ4v) is 3.92. The first kappa shape index (κ1) is 19.8. The fourth-order valence-electron chi connectivity index (χ4n) is 2.41. The van der Waals surface area contributed by atoms with Gasteiger partial charge in [-0.05, 0) is 42.0 Å². The van der Waals surface area contributed by atoms with Gasteiger partial charge in [0.1, 0.15) is 5.82 Å². The van der Waals surface area contributed by atoms with Crippen LogP contribution in [0.3, 0.4) is 0 Å². The molecule has 0 atom stereocenters. The maximum atomic E-state index is 13.1. The van der Waals surface area contributed by atoms with Gasteiger partial charge in [-0.2, -0.15) is 4.31 Å². The number of carbonyl (C=O) groups excluding carboxylic acids is 1. The molecule has 0 aromatic heterocycles. The zero-order chi connectivity index (χ0) is 19.2. The van der Waals surface area contributed by atoms with Crippen LogP contribution in [0.4, 0.5) is 10.1 Å². The third-order valence-corrected chi connectivity index (χ3v) is 5.77. The first-order valence-corrected chi connectivity index (χ1v) is 9.65. The fraction of sp³-hybridized carbons (Fsp3) is 0.211. The molecule has 0 aliphatic heterocycles. The van der Waals surface area contributed by atoms with Crippen molar-refractivity contribution in [2.75, 3.05) is 18.4 Å². The number of nitrogens with zero attached hydrogens (tertiary/aromatic N) is 1. The summed E-state index contributed by atoms with van der Waals surface area (Å²) in [4.78, 5) is 12.1. The average molecular weight is 376 g/mol. The van der Waals surface area contributed by atoms with E-state index in [4.69, 9.17) is 0 Å². The Morgan fingerprint density at radius 2 is 1.81 bits per heavy atom. The van der Waals surface area contributed by atoms with Crippen molar-refractivity contribution in [2.24, 2.45) is 0 Å². The molecule has 2 rings (SSSR count). The molecule has 0 fully saturated rings. The number of anilines is 1. The Hall–Kier alpha value is -2.51. The zero-order valence-corrected chi connectivity index (χ0v) is 15.5. The second-order valence-electron chi connectivity index (χ2n) is 5.49. The summed E-state index contributed by atoms with van der Waals surface area (Å²) >= 11 is 0. The Morgan fingerprint density at radius 3 is 2.46 bits per heavy atom. The van der Waals surface area contributed by atoms with Crippen molar-refractivity contribution in [2.45, 2.75) is 18.7 Å². The van der Waals surface area contributed by atoms with Crippen LogP contribution in [0.15, 0.2) is 59.5 Å². The summed E-state index contributed by atoms with van der Waals surface area (Å²) in [5, 5.41) is 2.61. The summed E-state index contributed by atoms with van der Waals surface area (Å²) in [5.74, 6) is -0.825. The molecular weight excluding hydrogens is 355 g/mol. The SMILES string of the molecule is CCN(CC)S(=O)(=O)c1cccc(NC(=O)/C=C/c2cccc(F)c2)c1. The summed E-state index contributed by atoms with van der Waals surface area (Å²) in [5.41, 5.74) is 0.921. The van der Waals surface area contributed by atoms with Crippen LogP contribution in [0.1, 0.15) is 19.4 Å². The van der Waals surface area contributed by atoms with Crippen molar-refractivity contribution in [1.29, 1.82) is 0 Å². The highest BCUT2D eigenvalue weighted by Crippen LogP contribution is 2.19. The highest BCUT2D eigenvalue weighted by Gasteiger charge is 2.21.